The molecule has 0 aliphatic carbocycles. The summed E-state index contributed by atoms with van der Waals surface area (Å²) in [7, 11) is 0. The molecule has 0 radical (unpaired) electrons. The van der Waals surface area contributed by atoms with Crippen molar-refractivity contribution in [3.05, 3.63) is 55.6 Å². The zero-order chi connectivity index (χ0) is 15.3. The van der Waals surface area contributed by atoms with Crippen molar-refractivity contribution in [1.82, 2.24) is 4.98 Å². The number of aryl methyl sites for hydroxylation is 2. The van der Waals surface area contributed by atoms with Gasteiger partial charge in [-0.1, -0.05) is 0 Å². The van der Waals surface area contributed by atoms with Crippen molar-refractivity contribution in [2.24, 2.45) is 0 Å². The second-order valence-electron chi connectivity index (χ2n) is 4.96. The van der Waals surface area contributed by atoms with Gasteiger partial charge in [0.15, 0.2) is 0 Å². The molecule has 21 heavy (non-hydrogen) atoms. The van der Waals surface area contributed by atoms with Crippen LogP contribution in [0.5, 0.6) is 0 Å². The molecule has 106 valence electrons. The van der Waals surface area contributed by atoms with Crippen molar-refractivity contribution in [3.8, 4) is 0 Å². The van der Waals surface area contributed by atoms with E-state index in [2.05, 4.69) is 4.98 Å². The predicted molar refractivity (Wildman–Crippen MR) is 78.6 cm³/mol. The van der Waals surface area contributed by atoms with Crippen LogP contribution in [-0.4, -0.2) is 14.8 Å². The highest BCUT2D eigenvalue weighted by atomic mass is 16.6. The Kier molecular flexibility index (Phi) is 2.65. The number of nitrogens with one attached hydrogen (secondary N) is 1. The van der Waals surface area contributed by atoms with E-state index in [0.29, 0.717) is 22.0 Å². The first-order valence-electron chi connectivity index (χ1n) is 6.24. The topological polar surface area (TPSA) is 102 Å². The molecule has 3 aromatic rings. The second kappa shape index (κ2) is 4.27. The standard InChI is InChI=1S/C14H11N3O4/c1-7-5-12(17(20)21)8(2)14-13(7)10-6-9(16(18)19)3-4-11(10)15-14/h3-6,15H,1-2H3. The van der Waals surface area contributed by atoms with E-state index in [1.54, 1.807) is 19.9 Å². The number of hydrogen-bond acceptors (Lipinski definition) is 4. The third kappa shape index (κ3) is 1.82. The molecule has 1 aromatic heterocycles. The quantitative estimate of drug-likeness (QED) is 0.572. The van der Waals surface area contributed by atoms with Crippen molar-refractivity contribution in [1.29, 1.82) is 0 Å². The summed E-state index contributed by atoms with van der Waals surface area (Å²) in [5.74, 6) is 0. The smallest absolute Gasteiger partial charge is 0.274 e. The minimum atomic E-state index is -0.453. The van der Waals surface area contributed by atoms with Crippen molar-refractivity contribution < 1.29 is 9.85 Å². The summed E-state index contributed by atoms with van der Waals surface area (Å²) in [6.07, 6.45) is 0. The molecule has 0 atom stereocenters. The Labute approximate surface area is 118 Å². The minimum absolute atomic E-state index is 0.00111. The molecule has 0 amide bonds. The maximum atomic E-state index is 11.1. The maximum absolute atomic E-state index is 11.1. The molecule has 1 N–H and O–H groups in total. The van der Waals surface area contributed by atoms with E-state index < -0.39 is 9.85 Å². The van der Waals surface area contributed by atoms with E-state index in [1.807, 2.05) is 0 Å². The zero-order valence-corrected chi connectivity index (χ0v) is 11.3. The third-order valence-corrected chi connectivity index (χ3v) is 3.70. The van der Waals surface area contributed by atoms with Gasteiger partial charge in [0.25, 0.3) is 11.4 Å². The van der Waals surface area contributed by atoms with E-state index in [1.165, 1.54) is 18.2 Å². The average molecular weight is 285 g/mol. The van der Waals surface area contributed by atoms with Crippen molar-refractivity contribution >= 4 is 33.2 Å². The summed E-state index contributed by atoms with van der Waals surface area (Å²) >= 11 is 0. The lowest BCUT2D eigenvalue weighted by atomic mass is 10.0. The Balaban J connectivity index is 2.47. The molecule has 3 rings (SSSR count). The summed E-state index contributed by atoms with van der Waals surface area (Å²) in [5, 5.41) is 23.5. The van der Waals surface area contributed by atoms with Crippen LogP contribution in [0.4, 0.5) is 11.4 Å². The first-order valence-corrected chi connectivity index (χ1v) is 6.24. The molecule has 2 aromatic carbocycles. The number of nitrogens with zero attached hydrogens (tertiary/aromatic N) is 2. The Morgan fingerprint density at radius 3 is 2.38 bits per heavy atom. The van der Waals surface area contributed by atoms with Crippen LogP contribution in [-0.2, 0) is 0 Å². The number of H-pyrrole nitrogens is 1. The summed E-state index contributed by atoms with van der Waals surface area (Å²) in [5.41, 5.74) is 2.66. The van der Waals surface area contributed by atoms with Gasteiger partial charge in [-0.05, 0) is 25.5 Å². The van der Waals surface area contributed by atoms with E-state index >= 15 is 0 Å². The number of hydrogen-bond donors (Lipinski definition) is 1. The summed E-state index contributed by atoms with van der Waals surface area (Å²) in [4.78, 5) is 24.2. The number of fused-ring (bicyclic) bond motifs is 3. The number of nitro groups is 2. The Bertz CT molecular complexity index is 927. The molecule has 0 fully saturated rings. The van der Waals surface area contributed by atoms with Crippen LogP contribution in [0.15, 0.2) is 24.3 Å². The fourth-order valence-corrected chi connectivity index (χ4v) is 2.69. The lowest BCUT2D eigenvalue weighted by Gasteiger charge is -2.02. The molecular formula is C14H11N3O4. The molecule has 7 heteroatoms. The van der Waals surface area contributed by atoms with Crippen LogP contribution in [0.1, 0.15) is 11.1 Å². The highest BCUT2D eigenvalue weighted by molar-refractivity contribution is 6.11. The maximum Gasteiger partial charge on any atom is 0.274 e. The Hall–Kier alpha value is -2.96. The first kappa shape index (κ1) is 13.0. The van der Waals surface area contributed by atoms with E-state index in [9.17, 15) is 20.2 Å². The van der Waals surface area contributed by atoms with Gasteiger partial charge in [0.2, 0.25) is 0 Å². The molecular weight excluding hydrogens is 274 g/mol. The van der Waals surface area contributed by atoms with Crippen LogP contribution in [0.25, 0.3) is 21.8 Å². The van der Waals surface area contributed by atoms with Crippen molar-refractivity contribution in [2.75, 3.05) is 0 Å². The Morgan fingerprint density at radius 2 is 1.76 bits per heavy atom. The molecule has 0 spiro atoms. The fraction of sp³-hybridized carbons (Fsp3) is 0.143. The summed E-state index contributed by atoms with van der Waals surface area (Å²) in [6, 6.07) is 6.03. The second-order valence-corrected chi connectivity index (χ2v) is 4.96. The van der Waals surface area contributed by atoms with Crippen LogP contribution in [0.3, 0.4) is 0 Å². The van der Waals surface area contributed by atoms with Gasteiger partial charge in [-0.2, -0.15) is 0 Å². The molecule has 0 saturated heterocycles. The molecule has 0 aliphatic rings. The van der Waals surface area contributed by atoms with Crippen molar-refractivity contribution in [3.63, 3.8) is 0 Å². The number of non-ortho nitro benzene ring substituents is 1. The van der Waals surface area contributed by atoms with Gasteiger partial charge < -0.3 is 4.98 Å². The number of aromatic amines is 1. The van der Waals surface area contributed by atoms with Crippen LogP contribution in [0, 0.1) is 34.1 Å². The number of nitro benzene ring substituents is 2. The molecule has 0 saturated carbocycles. The van der Waals surface area contributed by atoms with Gasteiger partial charge in [-0.3, -0.25) is 20.2 Å². The first-order chi connectivity index (χ1) is 9.90. The monoisotopic (exact) mass is 285 g/mol. The van der Waals surface area contributed by atoms with Crippen LogP contribution < -0.4 is 0 Å². The fourth-order valence-electron chi connectivity index (χ4n) is 2.69. The lowest BCUT2D eigenvalue weighted by molar-refractivity contribution is -0.385. The molecule has 0 aliphatic heterocycles. The lowest BCUT2D eigenvalue weighted by Crippen LogP contribution is -1.93. The van der Waals surface area contributed by atoms with Crippen LogP contribution >= 0.6 is 0 Å². The molecule has 0 unspecified atom stereocenters. The highest BCUT2D eigenvalue weighted by Gasteiger charge is 2.20. The van der Waals surface area contributed by atoms with Crippen molar-refractivity contribution in [2.45, 2.75) is 13.8 Å². The largest absolute Gasteiger partial charge is 0.354 e. The van der Waals surface area contributed by atoms with Gasteiger partial charge in [-0.25, -0.2) is 0 Å². The van der Waals surface area contributed by atoms with Gasteiger partial charge in [-0.15, -0.1) is 0 Å². The normalized spacial score (nSPS) is 11.1. The molecule has 0 bridgehead atoms. The highest BCUT2D eigenvalue weighted by Crippen LogP contribution is 2.36. The van der Waals surface area contributed by atoms with Gasteiger partial charge >= 0.3 is 0 Å². The SMILES string of the molecule is Cc1c([N+](=O)[O-])cc(C)c2c1[nH]c1ccc([N+](=O)[O-])cc12. The average Bonchev–Trinajstić information content (AvgIpc) is 2.81. The van der Waals surface area contributed by atoms with E-state index in [-0.39, 0.29) is 11.4 Å². The number of rotatable bonds is 2. The van der Waals surface area contributed by atoms with Crippen LogP contribution in [0.2, 0.25) is 0 Å². The summed E-state index contributed by atoms with van der Waals surface area (Å²) < 4.78 is 0. The van der Waals surface area contributed by atoms with Gasteiger partial charge in [0, 0.05) is 34.5 Å². The van der Waals surface area contributed by atoms with Gasteiger partial charge in [0.05, 0.1) is 20.9 Å². The van der Waals surface area contributed by atoms with Gasteiger partial charge in [0.1, 0.15) is 0 Å². The molecule has 7 nitrogen and oxygen atoms in total. The third-order valence-electron chi connectivity index (χ3n) is 3.70. The van der Waals surface area contributed by atoms with E-state index in [4.69, 9.17) is 0 Å². The number of aromatic nitrogens is 1. The number of benzene rings is 2. The van der Waals surface area contributed by atoms with E-state index in [0.717, 1.165) is 10.9 Å². The minimum Gasteiger partial charge on any atom is -0.354 e. The predicted octanol–water partition coefficient (Wildman–Crippen LogP) is 3.75. The Morgan fingerprint density at radius 1 is 1.05 bits per heavy atom. The zero-order valence-electron chi connectivity index (χ0n) is 11.3. The molecule has 1 heterocycles. The summed E-state index contributed by atoms with van der Waals surface area (Å²) in [6.45, 7) is 3.44.